The van der Waals surface area contributed by atoms with Crippen molar-refractivity contribution in [3.8, 4) is 11.8 Å². The highest BCUT2D eigenvalue weighted by Gasteiger charge is 2.23. The van der Waals surface area contributed by atoms with Crippen molar-refractivity contribution in [1.29, 1.82) is 5.26 Å². The first-order valence-electron chi connectivity index (χ1n) is 8.42. The van der Waals surface area contributed by atoms with E-state index >= 15 is 0 Å². The van der Waals surface area contributed by atoms with Gasteiger partial charge in [-0.2, -0.15) is 5.26 Å². The van der Waals surface area contributed by atoms with Crippen molar-refractivity contribution in [2.75, 3.05) is 19.7 Å². The fourth-order valence-electron chi connectivity index (χ4n) is 2.50. The molecule has 1 rings (SSSR count). The first-order valence-corrected chi connectivity index (χ1v) is 8.42. The summed E-state index contributed by atoms with van der Waals surface area (Å²) in [5, 5.41) is 9.32. The van der Waals surface area contributed by atoms with Crippen LogP contribution in [0.15, 0.2) is 18.2 Å². The van der Waals surface area contributed by atoms with Crippen LogP contribution in [-0.2, 0) is 4.79 Å². The second-order valence-electron chi connectivity index (χ2n) is 5.84. The average molecular weight is 316 g/mol. The normalized spacial score (nSPS) is 11.6. The number of ether oxygens (including phenoxy) is 1. The third-order valence-electron chi connectivity index (χ3n) is 3.97. The van der Waals surface area contributed by atoms with Gasteiger partial charge in [-0.25, -0.2) is 0 Å². The quantitative estimate of drug-likeness (QED) is 0.695. The number of aryl methyl sites for hydroxylation is 1. The van der Waals surface area contributed by atoms with Crippen molar-refractivity contribution in [1.82, 2.24) is 4.90 Å². The van der Waals surface area contributed by atoms with Crippen LogP contribution >= 0.6 is 0 Å². The Morgan fingerprint density at radius 3 is 2.48 bits per heavy atom. The van der Waals surface area contributed by atoms with Gasteiger partial charge >= 0.3 is 0 Å². The van der Waals surface area contributed by atoms with Gasteiger partial charge in [0.15, 0.2) is 0 Å². The predicted octanol–water partition coefficient (Wildman–Crippen LogP) is 3.86. The van der Waals surface area contributed by atoms with Crippen molar-refractivity contribution >= 4 is 5.91 Å². The fourth-order valence-corrected chi connectivity index (χ4v) is 2.50. The summed E-state index contributed by atoms with van der Waals surface area (Å²) in [4.78, 5) is 14.3. The molecule has 0 saturated heterocycles. The lowest BCUT2D eigenvalue weighted by Crippen LogP contribution is -2.37. The lowest BCUT2D eigenvalue weighted by molar-refractivity contribution is -0.134. The van der Waals surface area contributed by atoms with E-state index in [-0.39, 0.29) is 5.91 Å². The van der Waals surface area contributed by atoms with Gasteiger partial charge in [0.1, 0.15) is 11.7 Å². The van der Waals surface area contributed by atoms with E-state index < -0.39 is 5.92 Å². The SMILES string of the molecule is CCCN(CCC)C(=O)C(C#N)CCOc1cccc(C)c1C. The molecule has 0 heterocycles. The minimum absolute atomic E-state index is 0.0687. The number of nitrogens with zero attached hydrogens (tertiary/aromatic N) is 2. The Morgan fingerprint density at radius 1 is 1.26 bits per heavy atom. The first-order chi connectivity index (χ1) is 11.0. The zero-order valence-electron chi connectivity index (χ0n) is 14.8. The molecule has 1 aromatic carbocycles. The standard InChI is InChI=1S/C19H28N2O2/c1-5-11-21(12-6-2)19(22)17(14-20)10-13-23-18-9-7-8-15(3)16(18)4/h7-9,17H,5-6,10-13H2,1-4H3. The highest BCUT2D eigenvalue weighted by molar-refractivity contribution is 5.81. The van der Waals surface area contributed by atoms with Crippen LogP contribution in [0.2, 0.25) is 0 Å². The van der Waals surface area contributed by atoms with Crippen molar-refractivity contribution in [2.24, 2.45) is 5.92 Å². The molecule has 0 aliphatic heterocycles. The molecule has 0 saturated carbocycles. The summed E-state index contributed by atoms with van der Waals surface area (Å²) in [7, 11) is 0. The van der Waals surface area contributed by atoms with Crippen LogP contribution in [0.1, 0.15) is 44.2 Å². The highest BCUT2D eigenvalue weighted by atomic mass is 16.5. The average Bonchev–Trinajstić information content (AvgIpc) is 2.54. The number of carbonyl (C=O) groups excluding carboxylic acids is 1. The summed E-state index contributed by atoms with van der Waals surface area (Å²) in [6.07, 6.45) is 2.23. The van der Waals surface area contributed by atoms with Gasteiger partial charge < -0.3 is 9.64 Å². The van der Waals surface area contributed by atoms with E-state index in [0.717, 1.165) is 24.2 Å². The Bertz CT molecular complexity index is 543. The van der Waals surface area contributed by atoms with E-state index in [1.165, 1.54) is 5.56 Å². The summed E-state index contributed by atoms with van der Waals surface area (Å²) >= 11 is 0. The Kier molecular flexibility index (Phi) is 8.18. The molecule has 0 aromatic heterocycles. The largest absolute Gasteiger partial charge is 0.493 e. The second kappa shape index (κ2) is 9.89. The summed E-state index contributed by atoms with van der Waals surface area (Å²) in [5.41, 5.74) is 2.28. The molecular weight excluding hydrogens is 288 g/mol. The Balaban J connectivity index is 2.61. The molecule has 0 aliphatic carbocycles. The van der Waals surface area contributed by atoms with E-state index in [1.54, 1.807) is 4.90 Å². The molecule has 1 atom stereocenters. The molecule has 0 N–H and O–H groups in total. The monoisotopic (exact) mass is 316 g/mol. The van der Waals surface area contributed by atoms with Gasteiger partial charge in [-0.15, -0.1) is 0 Å². The summed E-state index contributed by atoms with van der Waals surface area (Å²) in [6, 6.07) is 8.05. The molecule has 23 heavy (non-hydrogen) atoms. The maximum absolute atomic E-state index is 12.5. The molecule has 4 heteroatoms. The number of amides is 1. The number of benzene rings is 1. The minimum atomic E-state index is -0.627. The van der Waals surface area contributed by atoms with Crippen molar-refractivity contribution in [3.63, 3.8) is 0 Å². The molecule has 126 valence electrons. The first kappa shape index (κ1) is 19.0. The molecule has 1 amide bonds. The van der Waals surface area contributed by atoms with E-state index in [2.05, 4.69) is 6.07 Å². The van der Waals surface area contributed by atoms with Gasteiger partial charge in [0.25, 0.3) is 0 Å². The van der Waals surface area contributed by atoms with E-state index in [4.69, 9.17) is 4.74 Å². The van der Waals surface area contributed by atoms with Crippen LogP contribution in [0.5, 0.6) is 5.75 Å². The fraction of sp³-hybridized carbons (Fsp3) is 0.579. The van der Waals surface area contributed by atoms with E-state index in [1.807, 2.05) is 45.9 Å². The summed E-state index contributed by atoms with van der Waals surface area (Å²) < 4.78 is 5.78. The van der Waals surface area contributed by atoms with Crippen molar-refractivity contribution in [3.05, 3.63) is 29.3 Å². The highest BCUT2D eigenvalue weighted by Crippen LogP contribution is 2.21. The van der Waals surface area contributed by atoms with Crippen molar-refractivity contribution in [2.45, 2.75) is 47.0 Å². The molecule has 1 aromatic rings. The maximum atomic E-state index is 12.5. The van der Waals surface area contributed by atoms with Crippen LogP contribution in [0.3, 0.4) is 0 Å². The lowest BCUT2D eigenvalue weighted by atomic mass is 10.1. The molecule has 1 unspecified atom stereocenters. The maximum Gasteiger partial charge on any atom is 0.240 e. The summed E-state index contributed by atoms with van der Waals surface area (Å²) in [6.45, 7) is 9.94. The zero-order valence-corrected chi connectivity index (χ0v) is 14.8. The molecular formula is C19H28N2O2. The lowest BCUT2D eigenvalue weighted by Gasteiger charge is -2.24. The third-order valence-corrected chi connectivity index (χ3v) is 3.97. The van der Waals surface area contributed by atoms with Crippen LogP contribution in [0.4, 0.5) is 0 Å². The van der Waals surface area contributed by atoms with Crippen LogP contribution in [-0.4, -0.2) is 30.5 Å². The van der Waals surface area contributed by atoms with Gasteiger partial charge in [0, 0.05) is 19.5 Å². The van der Waals surface area contributed by atoms with Gasteiger partial charge in [0.2, 0.25) is 5.91 Å². The molecule has 0 fully saturated rings. The van der Waals surface area contributed by atoms with Gasteiger partial charge in [-0.1, -0.05) is 26.0 Å². The number of nitriles is 1. The number of carbonyl (C=O) groups is 1. The minimum Gasteiger partial charge on any atom is -0.493 e. The summed E-state index contributed by atoms with van der Waals surface area (Å²) in [5.74, 6) is 0.132. The van der Waals surface area contributed by atoms with Crippen molar-refractivity contribution < 1.29 is 9.53 Å². The van der Waals surface area contributed by atoms with E-state index in [0.29, 0.717) is 26.1 Å². The number of hydrogen-bond donors (Lipinski definition) is 0. The third kappa shape index (κ3) is 5.59. The van der Waals surface area contributed by atoms with Gasteiger partial charge in [-0.3, -0.25) is 4.79 Å². The molecule has 0 spiro atoms. The van der Waals surface area contributed by atoms with Crippen LogP contribution in [0, 0.1) is 31.1 Å². The Labute approximate surface area is 140 Å². The molecule has 0 aliphatic rings. The van der Waals surface area contributed by atoms with Gasteiger partial charge in [-0.05, 0) is 43.9 Å². The number of hydrogen-bond acceptors (Lipinski definition) is 3. The van der Waals surface area contributed by atoms with Crippen LogP contribution < -0.4 is 4.74 Å². The van der Waals surface area contributed by atoms with Crippen LogP contribution in [0.25, 0.3) is 0 Å². The number of rotatable bonds is 9. The molecule has 0 bridgehead atoms. The predicted molar refractivity (Wildman–Crippen MR) is 92.3 cm³/mol. The van der Waals surface area contributed by atoms with Gasteiger partial charge in [0.05, 0.1) is 12.7 Å². The molecule has 0 radical (unpaired) electrons. The zero-order chi connectivity index (χ0) is 17.2. The second-order valence-corrected chi connectivity index (χ2v) is 5.84. The smallest absolute Gasteiger partial charge is 0.240 e. The Morgan fingerprint density at radius 2 is 1.91 bits per heavy atom. The Hall–Kier alpha value is -2.02. The van der Waals surface area contributed by atoms with E-state index in [9.17, 15) is 10.1 Å². The molecule has 4 nitrogen and oxygen atoms in total. The topological polar surface area (TPSA) is 53.3 Å².